The van der Waals surface area contributed by atoms with Gasteiger partial charge in [0.1, 0.15) is 18.6 Å². The molecule has 0 spiro atoms. The van der Waals surface area contributed by atoms with Crippen molar-refractivity contribution in [1.29, 1.82) is 0 Å². The molecule has 0 heterocycles. The molecule has 1 aromatic carbocycles. The number of hydrogen-bond acceptors (Lipinski definition) is 10. The first-order chi connectivity index (χ1) is 16.5. The Balaban J connectivity index is 3.01. The highest BCUT2D eigenvalue weighted by molar-refractivity contribution is 7.99. The Morgan fingerprint density at radius 3 is 2.51 bits per heavy atom. The van der Waals surface area contributed by atoms with Crippen LogP contribution in [0.4, 0.5) is 5.69 Å². The van der Waals surface area contributed by atoms with E-state index in [2.05, 4.69) is 16.6 Å². The average Bonchev–Trinajstić information content (AvgIpc) is 2.81. The molecule has 0 aliphatic rings. The summed E-state index contributed by atoms with van der Waals surface area (Å²) in [6, 6.07) is 0.831. The van der Waals surface area contributed by atoms with Gasteiger partial charge in [0.25, 0.3) is 5.69 Å². The minimum Gasteiger partial charge on any atom is -0.480 e. The molecule has 15 heteroatoms. The standard InChI is InChI=1S/C20H22N4O10S/c1-2-7-34-20(31)11-3-5-15(14(8-11)24(32)33)35-10-13(18(28)22-9-17(26)27)23-16(25)6-4-12(21)19(29)30/h1,3,5,8,12-13H,4,6-7,9-10,21H2,(H,22,28)(H,23,25)(H,26,27)(H,29,30)/t12-,13-/m0/s1. The fourth-order valence-electron chi connectivity index (χ4n) is 2.42. The summed E-state index contributed by atoms with van der Waals surface area (Å²) in [4.78, 5) is 68.8. The van der Waals surface area contributed by atoms with Crippen LogP contribution in [0.25, 0.3) is 0 Å². The minimum atomic E-state index is -1.34. The number of amides is 2. The molecule has 35 heavy (non-hydrogen) atoms. The molecule has 2 amide bonds. The quantitative estimate of drug-likeness (QED) is 0.0691. The summed E-state index contributed by atoms with van der Waals surface area (Å²) >= 11 is 0.788. The van der Waals surface area contributed by atoms with E-state index in [0.717, 1.165) is 17.8 Å². The van der Waals surface area contributed by atoms with E-state index in [1.165, 1.54) is 12.1 Å². The van der Waals surface area contributed by atoms with Crippen molar-refractivity contribution >= 4 is 47.2 Å². The van der Waals surface area contributed by atoms with Crippen molar-refractivity contribution in [3.63, 3.8) is 0 Å². The maximum atomic E-state index is 12.4. The number of ether oxygens (including phenoxy) is 1. The maximum absolute atomic E-state index is 12.4. The molecule has 0 bridgehead atoms. The lowest BCUT2D eigenvalue weighted by Crippen LogP contribution is -2.49. The summed E-state index contributed by atoms with van der Waals surface area (Å²) in [5.74, 6) is -3.32. The van der Waals surface area contributed by atoms with E-state index in [-0.39, 0.29) is 35.7 Å². The number of esters is 1. The van der Waals surface area contributed by atoms with Crippen LogP contribution in [-0.2, 0) is 23.9 Å². The number of aliphatic carboxylic acids is 2. The van der Waals surface area contributed by atoms with Gasteiger partial charge in [0.2, 0.25) is 11.8 Å². The highest BCUT2D eigenvalue weighted by Gasteiger charge is 2.25. The van der Waals surface area contributed by atoms with E-state index in [1.54, 1.807) is 0 Å². The summed E-state index contributed by atoms with van der Waals surface area (Å²) in [7, 11) is 0. The molecule has 0 aliphatic carbocycles. The molecule has 14 nitrogen and oxygen atoms in total. The molecule has 188 valence electrons. The van der Waals surface area contributed by atoms with Crippen molar-refractivity contribution in [2.45, 2.75) is 29.8 Å². The van der Waals surface area contributed by atoms with Gasteiger partial charge in [0, 0.05) is 18.2 Å². The number of nitrogens with one attached hydrogen (secondary N) is 2. The molecule has 0 fully saturated rings. The van der Waals surface area contributed by atoms with Crippen LogP contribution in [0.2, 0.25) is 0 Å². The third kappa shape index (κ3) is 10.1. The van der Waals surface area contributed by atoms with Gasteiger partial charge in [0.15, 0.2) is 6.61 Å². The third-order valence-electron chi connectivity index (χ3n) is 4.15. The molecular formula is C20H22N4O10S. The number of hydrogen-bond donors (Lipinski definition) is 5. The number of carboxylic acid groups (broad SMARTS) is 2. The van der Waals surface area contributed by atoms with E-state index in [4.69, 9.17) is 27.1 Å². The number of nitro groups is 1. The van der Waals surface area contributed by atoms with Crippen LogP contribution in [0.5, 0.6) is 0 Å². The smallest absolute Gasteiger partial charge is 0.339 e. The van der Waals surface area contributed by atoms with E-state index in [1.807, 2.05) is 0 Å². The number of thioether (sulfide) groups is 1. The number of carbonyl (C=O) groups is 5. The first kappa shape index (κ1) is 28.9. The Kier molecular flexibility index (Phi) is 11.7. The highest BCUT2D eigenvalue weighted by Crippen LogP contribution is 2.31. The lowest BCUT2D eigenvalue weighted by molar-refractivity contribution is -0.387. The van der Waals surface area contributed by atoms with Crippen LogP contribution in [0.3, 0.4) is 0 Å². The minimum absolute atomic E-state index is 0.0432. The molecule has 0 aliphatic heterocycles. The molecule has 1 rings (SSSR count). The van der Waals surface area contributed by atoms with E-state index in [9.17, 15) is 34.1 Å². The Morgan fingerprint density at radius 1 is 1.26 bits per heavy atom. The second-order valence-corrected chi connectivity index (χ2v) is 7.81. The van der Waals surface area contributed by atoms with Gasteiger partial charge < -0.3 is 31.3 Å². The second kappa shape index (κ2) is 14.2. The van der Waals surface area contributed by atoms with Crippen molar-refractivity contribution < 1.29 is 43.8 Å². The van der Waals surface area contributed by atoms with Gasteiger partial charge in [-0.05, 0) is 18.6 Å². The normalized spacial score (nSPS) is 11.9. The molecule has 6 N–H and O–H groups in total. The Hall–Kier alpha value is -4.16. The van der Waals surface area contributed by atoms with E-state index < -0.39 is 59.0 Å². The molecule has 0 aromatic heterocycles. The predicted molar refractivity (Wildman–Crippen MR) is 120 cm³/mol. The predicted octanol–water partition coefficient (Wildman–Crippen LogP) is -0.645. The lowest BCUT2D eigenvalue weighted by atomic mass is 10.1. The van der Waals surface area contributed by atoms with Gasteiger partial charge >= 0.3 is 17.9 Å². The number of benzene rings is 1. The third-order valence-corrected chi connectivity index (χ3v) is 5.30. The fourth-order valence-corrected chi connectivity index (χ4v) is 3.44. The zero-order valence-corrected chi connectivity index (χ0v) is 18.9. The molecule has 0 unspecified atom stereocenters. The van der Waals surface area contributed by atoms with Gasteiger partial charge in [-0.25, -0.2) is 4.79 Å². The molecule has 0 saturated carbocycles. The molecular weight excluding hydrogens is 488 g/mol. The monoisotopic (exact) mass is 510 g/mol. The van der Waals surface area contributed by atoms with Crippen molar-refractivity contribution in [3.8, 4) is 12.3 Å². The highest BCUT2D eigenvalue weighted by atomic mass is 32.2. The van der Waals surface area contributed by atoms with Gasteiger partial charge in [-0.1, -0.05) is 5.92 Å². The van der Waals surface area contributed by atoms with Gasteiger partial charge in [-0.2, -0.15) is 0 Å². The van der Waals surface area contributed by atoms with Crippen LogP contribution in [0.15, 0.2) is 23.1 Å². The lowest BCUT2D eigenvalue weighted by Gasteiger charge is -2.18. The maximum Gasteiger partial charge on any atom is 0.339 e. The van der Waals surface area contributed by atoms with Crippen LogP contribution in [0, 0.1) is 22.5 Å². The largest absolute Gasteiger partial charge is 0.480 e. The van der Waals surface area contributed by atoms with Gasteiger partial charge in [-0.15, -0.1) is 18.2 Å². The molecule has 0 saturated heterocycles. The topological polar surface area (TPSA) is 228 Å². The summed E-state index contributed by atoms with van der Waals surface area (Å²) in [6.45, 7) is -1.07. The number of nitrogens with zero attached hydrogens (tertiary/aromatic N) is 1. The van der Waals surface area contributed by atoms with Crippen molar-refractivity contribution in [1.82, 2.24) is 10.6 Å². The molecule has 0 radical (unpaired) electrons. The SMILES string of the molecule is C#CCOC(=O)c1ccc(SC[C@H](NC(=O)CC[C@H](N)C(=O)O)C(=O)NCC(=O)O)c([N+](=O)[O-])c1. The summed E-state index contributed by atoms with van der Waals surface area (Å²) < 4.78 is 4.73. The van der Waals surface area contributed by atoms with Crippen molar-refractivity contribution in [2.24, 2.45) is 5.73 Å². The first-order valence-corrected chi connectivity index (χ1v) is 10.7. The molecule has 2 atom stereocenters. The second-order valence-electron chi connectivity index (χ2n) is 6.75. The van der Waals surface area contributed by atoms with Crippen LogP contribution < -0.4 is 16.4 Å². The first-order valence-electron chi connectivity index (χ1n) is 9.75. The Morgan fingerprint density at radius 2 is 1.94 bits per heavy atom. The average molecular weight is 510 g/mol. The zero-order chi connectivity index (χ0) is 26.5. The van der Waals surface area contributed by atoms with Crippen LogP contribution in [0.1, 0.15) is 23.2 Å². The number of terminal acetylenes is 1. The van der Waals surface area contributed by atoms with Crippen molar-refractivity contribution in [3.05, 3.63) is 33.9 Å². The van der Waals surface area contributed by atoms with Crippen LogP contribution >= 0.6 is 11.8 Å². The summed E-state index contributed by atoms with van der Waals surface area (Å²) in [5.41, 5.74) is 4.73. The van der Waals surface area contributed by atoms with Crippen molar-refractivity contribution in [2.75, 3.05) is 18.9 Å². The molecule has 1 aromatic rings. The summed E-state index contributed by atoms with van der Waals surface area (Å²) in [6.07, 6.45) is 4.44. The number of nitrogens with two attached hydrogens (primary N) is 1. The van der Waals surface area contributed by atoms with Crippen LogP contribution in [-0.4, -0.2) is 75.8 Å². The van der Waals surface area contributed by atoms with Gasteiger partial charge in [-0.3, -0.25) is 29.3 Å². The summed E-state index contributed by atoms with van der Waals surface area (Å²) in [5, 5.41) is 33.4. The fraction of sp³-hybridized carbons (Fsp3) is 0.350. The zero-order valence-electron chi connectivity index (χ0n) is 18.1. The van der Waals surface area contributed by atoms with Gasteiger partial charge in [0.05, 0.1) is 15.4 Å². The number of nitro benzene ring substituents is 1. The van der Waals surface area contributed by atoms with E-state index >= 15 is 0 Å². The Bertz CT molecular complexity index is 1040. The number of carboxylic acids is 2. The number of carbonyl (C=O) groups excluding carboxylic acids is 3. The number of rotatable bonds is 14. The van der Waals surface area contributed by atoms with E-state index in [0.29, 0.717) is 0 Å². The Labute approximate surface area is 202 Å².